The van der Waals surface area contributed by atoms with Gasteiger partial charge in [-0.3, -0.25) is 4.79 Å². The topological polar surface area (TPSA) is 85.6 Å². The fraction of sp³-hybridized carbons (Fsp3) is 0.167. The summed E-state index contributed by atoms with van der Waals surface area (Å²) >= 11 is 1.50. The molecular weight excluding hydrogens is 348 g/mol. The van der Waals surface area contributed by atoms with E-state index in [1.165, 1.54) is 23.2 Å². The van der Waals surface area contributed by atoms with Crippen LogP contribution in [0.1, 0.15) is 16.7 Å². The van der Waals surface area contributed by atoms with Gasteiger partial charge in [-0.25, -0.2) is 9.67 Å². The molecule has 0 fully saturated rings. The minimum absolute atomic E-state index is 0.0893. The third-order valence-electron chi connectivity index (χ3n) is 3.99. The number of amides is 1. The van der Waals surface area contributed by atoms with Crippen molar-refractivity contribution in [1.82, 2.24) is 25.2 Å². The molecule has 1 N–H and O–H groups in total. The first kappa shape index (κ1) is 16.3. The fourth-order valence-corrected chi connectivity index (χ4v) is 3.88. The smallest absolute Gasteiger partial charge is 0.230 e. The summed E-state index contributed by atoms with van der Waals surface area (Å²) < 4.78 is 2.65. The summed E-state index contributed by atoms with van der Waals surface area (Å²) in [5, 5.41) is 14.6. The van der Waals surface area contributed by atoms with Gasteiger partial charge in [0.1, 0.15) is 6.33 Å². The van der Waals surface area contributed by atoms with Gasteiger partial charge in [0, 0.05) is 0 Å². The molecule has 0 aliphatic heterocycles. The molecule has 0 aliphatic carbocycles. The SMILES string of the molecule is Cc1cc(C)c2nc(NC(=O)Cc3ccc(-n4cnnn4)cc3)sc2c1. The maximum atomic E-state index is 12.3. The number of anilines is 1. The van der Waals surface area contributed by atoms with Crippen molar-refractivity contribution in [2.45, 2.75) is 20.3 Å². The van der Waals surface area contributed by atoms with Crippen LogP contribution in [0.25, 0.3) is 15.9 Å². The van der Waals surface area contributed by atoms with Gasteiger partial charge in [-0.1, -0.05) is 29.5 Å². The highest BCUT2D eigenvalue weighted by Gasteiger charge is 2.11. The lowest BCUT2D eigenvalue weighted by atomic mass is 10.1. The predicted octanol–water partition coefficient (Wildman–Crippen LogP) is 3.07. The van der Waals surface area contributed by atoms with E-state index in [4.69, 9.17) is 0 Å². The molecular formula is C18H16N6OS. The van der Waals surface area contributed by atoms with Crippen molar-refractivity contribution in [2.24, 2.45) is 0 Å². The average molecular weight is 364 g/mol. The molecule has 2 aromatic heterocycles. The van der Waals surface area contributed by atoms with E-state index in [2.05, 4.69) is 44.9 Å². The molecule has 4 rings (SSSR count). The van der Waals surface area contributed by atoms with Crippen molar-refractivity contribution in [3.05, 3.63) is 59.4 Å². The van der Waals surface area contributed by atoms with Crippen LogP contribution in [0.4, 0.5) is 5.13 Å². The summed E-state index contributed by atoms with van der Waals surface area (Å²) in [7, 11) is 0. The number of nitrogens with zero attached hydrogens (tertiary/aromatic N) is 5. The summed E-state index contributed by atoms with van der Waals surface area (Å²) in [5.74, 6) is -0.0893. The Hall–Kier alpha value is -3.13. The van der Waals surface area contributed by atoms with Crippen LogP contribution < -0.4 is 5.32 Å². The first-order valence-electron chi connectivity index (χ1n) is 8.08. The van der Waals surface area contributed by atoms with Gasteiger partial charge in [0.15, 0.2) is 5.13 Å². The Kier molecular flexibility index (Phi) is 4.18. The highest BCUT2D eigenvalue weighted by atomic mass is 32.1. The maximum absolute atomic E-state index is 12.3. The van der Waals surface area contributed by atoms with Crippen LogP contribution in [0.2, 0.25) is 0 Å². The molecule has 130 valence electrons. The molecule has 4 aromatic rings. The minimum atomic E-state index is -0.0893. The van der Waals surface area contributed by atoms with E-state index in [0.717, 1.165) is 27.0 Å². The molecule has 0 spiro atoms. The number of tetrazole rings is 1. The number of carbonyl (C=O) groups is 1. The predicted molar refractivity (Wildman–Crippen MR) is 101 cm³/mol. The summed E-state index contributed by atoms with van der Waals surface area (Å²) in [6, 6.07) is 11.7. The Balaban J connectivity index is 1.46. The van der Waals surface area contributed by atoms with E-state index in [1.807, 2.05) is 31.2 Å². The largest absolute Gasteiger partial charge is 0.302 e. The lowest BCUT2D eigenvalue weighted by Crippen LogP contribution is -2.14. The number of hydrogen-bond acceptors (Lipinski definition) is 6. The number of rotatable bonds is 4. The van der Waals surface area contributed by atoms with Gasteiger partial charge in [0.2, 0.25) is 5.91 Å². The first-order valence-corrected chi connectivity index (χ1v) is 8.90. The number of carbonyl (C=O) groups excluding carboxylic acids is 1. The van der Waals surface area contributed by atoms with E-state index in [9.17, 15) is 4.79 Å². The third kappa shape index (κ3) is 3.31. The Morgan fingerprint density at radius 3 is 2.73 bits per heavy atom. The molecule has 0 atom stereocenters. The second-order valence-corrected chi connectivity index (χ2v) is 7.12. The van der Waals surface area contributed by atoms with Crippen molar-refractivity contribution >= 4 is 32.6 Å². The molecule has 0 aliphatic rings. The summed E-state index contributed by atoms with van der Waals surface area (Å²) in [6.07, 6.45) is 1.81. The van der Waals surface area contributed by atoms with Gasteiger partial charge in [-0.15, -0.1) is 5.10 Å². The quantitative estimate of drug-likeness (QED) is 0.601. The van der Waals surface area contributed by atoms with Crippen molar-refractivity contribution < 1.29 is 4.79 Å². The molecule has 0 bridgehead atoms. The fourth-order valence-electron chi connectivity index (χ4n) is 2.82. The van der Waals surface area contributed by atoms with Crippen LogP contribution in [0.15, 0.2) is 42.7 Å². The number of aromatic nitrogens is 5. The molecule has 0 saturated heterocycles. The second-order valence-electron chi connectivity index (χ2n) is 6.09. The molecule has 26 heavy (non-hydrogen) atoms. The van der Waals surface area contributed by atoms with Gasteiger partial charge in [0.25, 0.3) is 0 Å². The van der Waals surface area contributed by atoms with E-state index >= 15 is 0 Å². The molecule has 0 radical (unpaired) electrons. The summed E-state index contributed by atoms with van der Waals surface area (Å²) in [6.45, 7) is 4.09. The highest BCUT2D eigenvalue weighted by Crippen LogP contribution is 2.29. The zero-order chi connectivity index (χ0) is 18.1. The summed E-state index contributed by atoms with van der Waals surface area (Å²) in [4.78, 5) is 16.9. The Morgan fingerprint density at radius 1 is 1.19 bits per heavy atom. The number of fused-ring (bicyclic) bond motifs is 1. The van der Waals surface area contributed by atoms with E-state index in [0.29, 0.717) is 5.13 Å². The summed E-state index contributed by atoms with van der Waals surface area (Å²) in [5.41, 5.74) is 5.01. The number of aryl methyl sites for hydroxylation is 2. The lowest BCUT2D eigenvalue weighted by molar-refractivity contribution is -0.115. The standard InChI is InChI=1S/C18H16N6OS/c1-11-7-12(2)17-15(8-11)26-18(21-17)20-16(25)9-13-3-5-14(6-4-13)24-10-19-22-23-24/h3-8,10H,9H2,1-2H3,(H,20,21,25). The lowest BCUT2D eigenvalue weighted by Gasteiger charge is -2.04. The molecule has 8 heteroatoms. The van der Waals surface area contributed by atoms with Gasteiger partial charge in [-0.2, -0.15) is 0 Å². The van der Waals surface area contributed by atoms with Crippen molar-refractivity contribution in [3.63, 3.8) is 0 Å². The van der Waals surface area contributed by atoms with Crippen LogP contribution in [-0.2, 0) is 11.2 Å². The highest BCUT2D eigenvalue weighted by molar-refractivity contribution is 7.22. The zero-order valence-electron chi connectivity index (χ0n) is 14.3. The van der Waals surface area contributed by atoms with Crippen molar-refractivity contribution in [3.8, 4) is 5.69 Å². The Bertz CT molecular complexity index is 1070. The zero-order valence-corrected chi connectivity index (χ0v) is 15.1. The van der Waals surface area contributed by atoms with Crippen LogP contribution >= 0.6 is 11.3 Å². The van der Waals surface area contributed by atoms with Crippen LogP contribution in [0.5, 0.6) is 0 Å². The maximum Gasteiger partial charge on any atom is 0.230 e. The Morgan fingerprint density at radius 2 is 2.00 bits per heavy atom. The number of nitrogens with one attached hydrogen (secondary N) is 1. The molecule has 2 aromatic carbocycles. The van der Waals surface area contributed by atoms with Gasteiger partial charge in [-0.05, 0) is 59.2 Å². The monoisotopic (exact) mass is 364 g/mol. The molecule has 7 nitrogen and oxygen atoms in total. The number of thiazole rings is 1. The Labute approximate surface area is 153 Å². The van der Waals surface area contributed by atoms with Gasteiger partial charge < -0.3 is 5.32 Å². The minimum Gasteiger partial charge on any atom is -0.302 e. The average Bonchev–Trinajstić information content (AvgIpc) is 3.25. The molecule has 0 unspecified atom stereocenters. The first-order chi connectivity index (χ1) is 12.6. The molecule has 2 heterocycles. The molecule has 1 amide bonds. The van der Waals surface area contributed by atoms with E-state index < -0.39 is 0 Å². The van der Waals surface area contributed by atoms with Crippen molar-refractivity contribution in [2.75, 3.05) is 5.32 Å². The van der Waals surface area contributed by atoms with Crippen LogP contribution in [0, 0.1) is 13.8 Å². The molecule has 0 saturated carbocycles. The third-order valence-corrected chi connectivity index (χ3v) is 4.91. The van der Waals surface area contributed by atoms with Crippen molar-refractivity contribution in [1.29, 1.82) is 0 Å². The number of benzene rings is 2. The van der Waals surface area contributed by atoms with Gasteiger partial charge in [0.05, 0.1) is 22.3 Å². The van der Waals surface area contributed by atoms with Gasteiger partial charge >= 0.3 is 0 Å². The van der Waals surface area contributed by atoms with Crippen LogP contribution in [0.3, 0.4) is 0 Å². The van der Waals surface area contributed by atoms with E-state index in [1.54, 1.807) is 4.68 Å². The second kappa shape index (κ2) is 6.64. The normalized spacial score (nSPS) is 11.0. The van der Waals surface area contributed by atoms with E-state index in [-0.39, 0.29) is 12.3 Å². The number of hydrogen-bond donors (Lipinski definition) is 1. The van der Waals surface area contributed by atoms with Crippen LogP contribution in [-0.4, -0.2) is 31.1 Å².